The van der Waals surface area contributed by atoms with Crippen LogP contribution in [0, 0.1) is 13.8 Å². The van der Waals surface area contributed by atoms with Crippen LogP contribution in [0.2, 0.25) is 5.02 Å². The van der Waals surface area contributed by atoms with Crippen molar-refractivity contribution in [1.82, 2.24) is 10.3 Å². The van der Waals surface area contributed by atoms with Crippen molar-refractivity contribution >= 4 is 44.6 Å². The fourth-order valence-electron chi connectivity index (χ4n) is 4.43. The van der Waals surface area contributed by atoms with Gasteiger partial charge in [-0.3, -0.25) is 4.79 Å². The Labute approximate surface area is 232 Å². The molecular weight excluding hydrogens is 532 g/mol. The number of carbonyl (C=O) groups excluding carboxylic acids is 1. The number of halogens is 1. The van der Waals surface area contributed by atoms with Crippen LogP contribution in [0.5, 0.6) is 5.95 Å². The van der Waals surface area contributed by atoms with Gasteiger partial charge in [0.25, 0.3) is 5.78 Å². The first-order chi connectivity index (χ1) is 18.8. The van der Waals surface area contributed by atoms with Crippen molar-refractivity contribution < 1.29 is 19.1 Å². The maximum atomic E-state index is 13.8. The van der Waals surface area contributed by atoms with Crippen molar-refractivity contribution in [2.75, 3.05) is 5.73 Å². The second kappa shape index (κ2) is 9.65. The van der Waals surface area contributed by atoms with E-state index in [0.29, 0.717) is 26.6 Å². The zero-order valence-corrected chi connectivity index (χ0v) is 22.5. The van der Waals surface area contributed by atoms with Crippen LogP contribution in [-0.4, -0.2) is 16.0 Å². The Morgan fingerprint density at radius 3 is 2.23 bits per heavy atom. The van der Waals surface area contributed by atoms with Crippen LogP contribution in [-0.2, 0) is 0 Å². The molecule has 3 heterocycles. The molecule has 6 aromatic rings. The Hall–Kier alpha value is -4.53. The van der Waals surface area contributed by atoms with E-state index in [-0.39, 0.29) is 16.3 Å². The van der Waals surface area contributed by atoms with Gasteiger partial charge in [0.15, 0.2) is 5.95 Å². The summed E-state index contributed by atoms with van der Waals surface area (Å²) in [5.41, 5.74) is 12.7. The highest BCUT2D eigenvalue weighted by atomic mass is 35.5. The SMILES string of the molecule is Cc1ccc(-c2cc(-c3ccc(Cl)cc3)nc3sc(C(=O)c4c([O-])on[n+]4-c4ccc(C)cc4)c(N)c23)cc1. The number of pyridine rings is 1. The van der Waals surface area contributed by atoms with Crippen LogP contribution in [0.15, 0.2) is 83.4 Å². The highest BCUT2D eigenvalue weighted by Gasteiger charge is 2.32. The summed E-state index contributed by atoms with van der Waals surface area (Å²) in [4.78, 5) is 19.5. The van der Waals surface area contributed by atoms with Gasteiger partial charge in [-0.15, -0.1) is 11.3 Å². The zero-order valence-electron chi connectivity index (χ0n) is 20.9. The molecule has 39 heavy (non-hydrogen) atoms. The van der Waals surface area contributed by atoms with Gasteiger partial charge in [0, 0.05) is 28.1 Å². The van der Waals surface area contributed by atoms with E-state index in [1.54, 1.807) is 24.3 Å². The molecule has 0 aliphatic heterocycles. The molecule has 3 aromatic heterocycles. The number of aromatic nitrogens is 3. The lowest BCUT2D eigenvalue weighted by Gasteiger charge is -2.09. The third-order valence-electron chi connectivity index (χ3n) is 6.51. The van der Waals surface area contributed by atoms with E-state index in [9.17, 15) is 9.90 Å². The van der Waals surface area contributed by atoms with Gasteiger partial charge in [-0.1, -0.05) is 71.3 Å². The Morgan fingerprint density at radius 2 is 1.56 bits per heavy atom. The molecule has 192 valence electrons. The van der Waals surface area contributed by atoms with Crippen LogP contribution in [0.3, 0.4) is 0 Å². The maximum absolute atomic E-state index is 13.8. The van der Waals surface area contributed by atoms with Crippen molar-refractivity contribution in [3.05, 3.63) is 106 Å². The number of ketones is 1. The fourth-order valence-corrected chi connectivity index (χ4v) is 5.61. The molecule has 0 aliphatic carbocycles. The average Bonchev–Trinajstić information content (AvgIpc) is 3.49. The van der Waals surface area contributed by atoms with E-state index in [0.717, 1.165) is 39.2 Å². The topological polar surface area (TPSA) is 109 Å². The monoisotopic (exact) mass is 552 g/mol. The molecule has 7 nitrogen and oxygen atoms in total. The average molecular weight is 553 g/mol. The number of aryl methyl sites for hydroxylation is 2. The molecule has 0 saturated carbocycles. The molecule has 0 atom stereocenters. The van der Waals surface area contributed by atoms with Crippen LogP contribution in [0.25, 0.3) is 38.3 Å². The van der Waals surface area contributed by atoms with Crippen molar-refractivity contribution in [2.24, 2.45) is 0 Å². The highest BCUT2D eigenvalue weighted by molar-refractivity contribution is 7.21. The number of hydrogen-bond donors (Lipinski definition) is 1. The molecule has 0 aliphatic rings. The van der Waals surface area contributed by atoms with Gasteiger partial charge in [-0.05, 0) is 47.9 Å². The second-order valence-corrected chi connectivity index (χ2v) is 10.7. The van der Waals surface area contributed by atoms with Gasteiger partial charge in [0.2, 0.25) is 5.69 Å². The number of carbonyl (C=O) groups is 1. The number of nitrogens with zero attached hydrogens (tertiary/aromatic N) is 3. The summed E-state index contributed by atoms with van der Waals surface area (Å²) in [6.07, 6.45) is 0. The van der Waals surface area contributed by atoms with Gasteiger partial charge in [0.05, 0.1) is 16.7 Å². The smallest absolute Gasteiger partial charge is 0.312 e. The molecule has 0 radical (unpaired) electrons. The number of anilines is 1. The van der Waals surface area contributed by atoms with Crippen LogP contribution in [0.4, 0.5) is 5.69 Å². The van der Waals surface area contributed by atoms with Crippen molar-refractivity contribution in [2.45, 2.75) is 13.8 Å². The minimum Gasteiger partial charge on any atom is -0.539 e. The first-order valence-electron chi connectivity index (χ1n) is 12.1. The molecule has 0 bridgehead atoms. The summed E-state index contributed by atoms with van der Waals surface area (Å²) in [5, 5.41) is 17.8. The number of nitrogen functional groups attached to an aromatic ring is 1. The third-order valence-corrected chi connectivity index (χ3v) is 7.86. The summed E-state index contributed by atoms with van der Waals surface area (Å²) >= 11 is 7.24. The molecule has 9 heteroatoms. The number of fused-ring (bicyclic) bond motifs is 1. The number of benzene rings is 3. The van der Waals surface area contributed by atoms with E-state index in [1.807, 2.05) is 68.4 Å². The Bertz CT molecular complexity index is 1860. The predicted molar refractivity (Wildman–Crippen MR) is 150 cm³/mol. The first kappa shape index (κ1) is 24.8. The van der Waals surface area contributed by atoms with Gasteiger partial charge >= 0.3 is 5.69 Å². The largest absolute Gasteiger partial charge is 0.539 e. The van der Waals surface area contributed by atoms with Crippen LogP contribution < -0.4 is 15.5 Å². The summed E-state index contributed by atoms with van der Waals surface area (Å²) in [6, 6.07) is 24.6. The maximum Gasteiger partial charge on any atom is 0.312 e. The fraction of sp³-hybridized carbons (Fsp3) is 0.0667. The van der Waals surface area contributed by atoms with E-state index in [1.165, 1.54) is 4.68 Å². The van der Waals surface area contributed by atoms with E-state index in [2.05, 4.69) is 5.27 Å². The van der Waals surface area contributed by atoms with Crippen LogP contribution in [0.1, 0.15) is 26.5 Å². The summed E-state index contributed by atoms with van der Waals surface area (Å²) in [7, 11) is 0. The third kappa shape index (κ3) is 4.43. The van der Waals surface area contributed by atoms with E-state index in [4.69, 9.17) is 26.8 Å². The lowest BCUT2D eigenvalue weighted by Crippen LogP contribution is -2.39. The predicted octanol–water partition coefficient (Wildman–Crippen LogP) is 6.05. The van der Waals surface area contributed by atoms with Gasteiger partial charge < -0.3 is 15.4 Å². The Balaban J connectivity index is 1.55. The van der Waals surface area contributed by atoms with E-state index < -0.39 is 11.7 Å². The van der Waals surface area contributed by atoms with Gasteiger partial charge in [-0.2, -0.15) is 0 Å². The quantitative estimate of drug-likeness (QED) is 0.206. The molecule has 6 rings (SSSR count). The number of nitrogens with two attached hydrogens (primary N) is 1. The normalized spacial score (nSPS) is 11.3. The Morgan fingerprint density at radius 1 is 0.949 bits per heavy atom. The standard InChI is InChI=1S/C30H21ClN4O3S/c1-16-3-7-18(8-4-16)22-15-23(19-9-11-20(31)12-10-19)33-29-24(22)25(32)28(39-29)27(36)26-30(37)38-34-35(26)21-13-5-17(2)6-14-21/h3-15H,1-2H3,(H2-,32,34,36,37). The van der Waals surface area contributed by atoms with E-state index >= 15 is 0 Å². The molecule has 2 N–H and O–H groups in total. The highest BCUT2D eigenvalue weighted by Crippen LogP contribution is 2.42. The lowest BCUT2D eigenvalue weighted by atomic mass is 9.98. The molecule has 0 spiro atoms. The summed E-state index contributed by atoms with van der Waals surface area (Å²) < 4.78 is 6.11. The number of hydrogen-bond acceptors (Lipinski definition) is 7. The molecule has 3 aromatic carbocycles. The molecule has 0 amide bonds. The van der Waals surface area contributed by atoms with Gasteiger partial charge in [0.1, 0.15) is 9.71 Å². The number of thiophene rings is 1. The lowest BCUT2D eigenvalue weighted by molar-refractivity contribution is -0.672. The molecule has 0 fully saturated rings. The minimum atomic E-state index is -0.842. The number of rotatable bonds is 5. The minimum absolute atomic E-state index is 0.195. The van der Waals surface area contributed by atoms with Crippen molar-refractivity contribution in [1.29, 1.82) is 0 Å². The molecule has 0 saturated heterocycles. The first-order valence-corrected chi connectivity index (χ1v) is 13.3. The summed E-state index contributed by atoms with van der Waals surface area (Å²) in [5.74, 6) is -1.42. The van der Waals surface area contributed by atoms with Crippen molar-refractivity contribution in [3.63, 3.8) is 0 Å². The second-order valence-electron chi connectivity index (χ2n) is 9.24. The van der Waals surface area contributed by atoms with Gasteiger partial charge in [-0.25, -0.2) is 4.98 Å². The zero-order chi connectivity index (χ0) is 27.3. The van der Waals surface area contributed by atoms with Crippen molar-refractivity contribution in [3.8, 4) is 34.0 Å². The summed E-state index contributed by atoms with van der Waals surface area (Å²) in [6.45, 7) is 3.96. The molecule has 0 unspecified atom stereocenters. The Kier molecular flexibility index (Phi) is 6.13. The van der Waals surface area contributed by atoms with Crippen LogP contribution >= 0.6 is 22.9 Å². The molecular formula is C30H21ClN4O3S.